The third-order valence-corrected chi connectivity index (χ3v) is 11.2. The second-order valence-corrected chi connectivity index (χ2v) is 15.2. The lowest BCUT2D eigenvalue weighted by Gasteiger charge is -2.34. The molecule has 11 nitrogen and oxygen atoms in total. The van der Waals surface area contributed by atoms with E-state index in [9.17, 15) is 9.59 Å². The van der Waals surface area contributed by atoms with Gasteiger partial charge in [0, 0.05) is 24.6 Å². The van der Waals surface area contributed by atoms with Crippen molar-refractivity contribution in [1.29, 1.82) is 0 Å². The Morgan fingerprint density at radius 2 is 1.29 bits per heavy atom. The predicted octanol–water partition coefficient (Wildman–Crippen LogP) is 9.87. The van der Waals surface area contributed by atoms with Crippen LogP contribution in [0.2, 0.25) is 0 Å². The standard InChI is InChI=1S/C51H50N6O5/c1-3-18-46-52-45-28-17-14-19-39(35-47(58)61-33-34-62-50(59)60-4-2)48(45)56(46)36-37-29-31-38(32-30-37)43-26-15-16-27-44(43)49-53-55-57(54-49)51(40-20-8-5-9-21-40,41-22-10-6-11-23-41)42-24-12-7-13-25-42/h5-13,15-16,20-27,29-32,35H,3-4,14,17-19,28,33-34,36H2,1-2H3. The Hall–Kier alpha value is -7.14. The van der Waals surface area contributed by atoms with Crippen LogP contribution in [0.4, 0.5) is 4.79 Å². The first-order valence-corrected chi connectivity index (χ1v) is 21.4. The smallest absolute Gasteiger partial charge is 0.459 e. The largest absolute Gasteiger partial charge is 0.508 e. The first kappa shape index (κ1) is 41.6. The summed E-state index contributed by atoms with van der Waals surface area (Å²) >= 11 is 0. The average Bonchev–Trinajstić information content (AvgIpc) is 3.88. The van der Waals surface area contributed by atoms with E-state index in [-0.39, 0.29) is 19.8 Å². The fraction of sp³-hybridized carbons (Fsp3) is 0.255. The van der Waals surface area contributed by atoms with E-state index in [4.69, 9.17) is 34.6 Å². The van der Waals surface area contributed by atoms with Crippen LogP contribution >= 0.6 is 0 Å². The number of nitrogens with zero attached hydrogens (tertiary/aromatic N) is 6. The summed E-state index contributed by atoms with van der Waals surface area (Å²) in [6, 6.07) is 47.8. The molecule has 0 radical (unpaired) electrons. The van der Waals surface area contributed by atoms with E-state index < -0.39 is 17.7 Å². The Morgan fingerprint density at radius 3 is 1.92 bits per heavy atom. The van der Waals surface area contributed by atoms with E-state index in [0.29, 0.717) is 12.4 Å². The molecule has 62 heavy (non-hydrogen) atoms. The average molecular weight is 827 g/mol. The van der Waals surface area contributed by atoms with Gasteiger partial charge in [0.25, 0.3) is 0 Å². The molecule has 0 aliphatic heterocycles. The zero-order chi connectivity index (χ0) is 42.7. The maximum atomic E-state index is 13.0. The Morgan fingerprint density at radius 1 is 0.694 bits per heavy atom. The number of rotatable bonds is 15. The number of carbonyl (C=O) groups is 2. The molecule has 1 aliphatic carbocycles. The Balaban J connectivity index is 1.09. The number of aromatic nitrogens is 6. The molecule has 2 heterocycles. The van der Waals surface area contributed by atoms with Crippen LogP contribution in [0.3, 0.4) is 0 Å². The molecule has 5 aromatic carbocycles. The van der Waals surface area contributed by atoms with Gasteiger partial charge in [0.15, 0.2) is 5.54 Å². The Bertz CT molecular complexity index is 2520. The summed E-state index contributed by atoms with van der Waals surface area (Å²) in [5, 5.41) is 14.7. The van der Waals surface area contributed by atoms with Gasteiger partial charge in [-0.1, -0.05) is 146 Å². The van der Waals surface area contributed by atoms with E-state index in [1.165, 1.54) is 0 Å². The molecule has 2 aromatic heterocycles. The van der Waals surface area contributed by atoms with Crippen molar-refractivity contribution in [2.45, 2.75) is 64.5 Å². The molecule has 0 fully saturated rings. The van der Waals surface area contributed by atoms with Crippen molar-refractivity contribution in [3.8, 4) is 22.5 Å². The lowest BCUT2D eigenvalue weighted by atomic mass is 9.77. The van der Waals surface area contributed by atoms with E-state index in [0.717, 1.165) is 100 Å². The number of aryl methyl sites for hydroxylation is 2. The van der Waals surface area contributed by atoms with Gasteiger partial charge in [-0.25, -0.2) is 14.6 Å². The van der Waals surface area contributed by atoms with Gasteiger partial charge in [0.05, 0.1) is 18.0 Å². The first-order chi connectivity index (χ1) is 30.5. The van der Waals surface area contributed by atoms with E-state index in [1.54, 1.807) is 17.8 Å². The van der Waals surface area contributed by atoms with Crippen LogP contribution < -0.4 is 0 Å². The second-order valence-electron chi connectivity index (χ2n) is 15.2. The minimum atomic E-state index is -0.885. The van der Waals surface area contributed by atoms with Gasteiger partial charge < -0.3 is 18.8 Å². The summed E-state index contributed by atoms with van der Waals surface area (Å²) in [4.78, 5) is 31.5. The summed E-state index contributed by atoms with van der Waals surface area (Å²) in [6.07, 6.45) is 6.05. The number of carbonyl (C=O) groups excluding carboxylic acids is 2. The third kappa shape index (κ3) is 8.83. The van der Waals surface area contributed by atoms with Gasteiger partial charge >= 0.3 is 12.1 Å². The van der Waals surface area contributed by atoms with Gasteiger partial charge in [-0.15, -0.1) is 15.0 Å². The van der Waals surface area contributed by atoms with Crippen LogP contribution in [-0.2, 0) is 43.9 Å². The summed E-state index contributed by atoms with van der Waals surface area (Å²) < 4.78 is 17.4. The summed E-state index contributed by atoms with van der Waals surface area (Å²) in [6.45, 7) is 4.52. The summed E-state index contributed by atoms with van der Waals surface area (Å²) in [7, 11) is 0. The number of hydrogen-bond donors (Lipinski definition) is 0. The second kappa shape index (κ2) is 19.5. The number of tetrazole rings is 1. The topological polar surface area (TPSA) is 123 Å². The van der Waals surface area contributed by atoms with Crippen molar-refractivity contribution in [1.82, 2.24) is 29.8 Å². The summed E-state index contributed by atoms with van der Waals surface area (Å²) in [5.74, 6) is 1.04. The fourth-order valence-electron chi connectivity index (χ4n) is 8.40. The molecule has 314 valence electrons. The van der Waals surface area contributed by atoms with Crippen LogP contribution in [0.25, 0.3) is 28.1 Å². The van der Waals surface area contributed by atoms with Gasteiger partial charge in [-0.3, -0.25) is 0 Å². The molecule has 8 rings (SSSR count). The highest BCUT2D eigenvalue weighted by Crippen LogP contribution is 2.41. The highest BCUT2D eigenvalue weighted by Gasteiger charge is 2.41. The minimum absolute atomic E-state index is 0.0611. The van der Waals surface area contributed by atoms with E-state index in [1.807, 2.05) is 72.8 Å². The van der Waals surface area contributed by atoms with Gasteiger partial charge in [0.2, 0.25) is 5.82 Å². The third-order valence-electron chi connectivity index (χ3n) is 11.2. The predicted molar refractivity (Wildman–Crippen MR) is 238 cm³/mol. The van der Waals surface area contributed by atoms with Crippen LogP contribution in [0.5, 0.6) is 0 Å². The lowest BCUT2D eigenvalue weighted by Crippen LogP contribution is -2.39. The molecule has 0 saturated heterocycles. The maximum absolute atomic E-state index is 13.0. The van der Waals surface area contributed by atoms with Gasteiger partial charge in [0.1, 0.15) is 19.0 Å². The number of ether oxygens (including phenoxy) is 3. The van der Waals surface area contributed by atoms with Gasteiger partial charge in [-0.2, -0.15) is 0 Å². The molecule has 11 heteroatoms. The van der Waals surface area contributed by atoms with Crippen molar-refractivity contribution >= 4 is 17.7 Å². The van der Waals surface area contributed by atoms with Crippen molar-refractivity contribution in [2.75, 3.05) is 19.8 Å². The fourth-order valence-corrected chi connectivity index (χ4v) is 8.40. The van der Waals surface area contributed by atoms with E-state index in [2.05, 4.69) is 78.2 Å². The molecule has 0 unspecified atom stereocenters. The van der Waals surface area contributed by atoms with E-state index >= 15 is 0 Å². The molecule has 7 aromatic rings. The quantitative estimate of drug-likeness (QED) is 0.0327. The molecule has 0 amide bonds. The molecule has 0 spiro atoms. The number of allylic oxidation sites excluding steroid dienone is 1. The first-order valence-electron chi connectivity index (χ1n) is 21.4. The van der Waals surface area contributed by atoms with Crippen molar-refractivity contribution in [3.63, 3.8) is 0 Å². The normalized spacial score (nSPS) is 13.3. The van der Waals surface area contributed by atoms with Gasteiger partial charge in [-0.05, 0) is 83.2 Å². The number of esters is 1. The van der Waals surface area contributed by atoms with Crippen LogP contribution in [0.15, 0.2) is 146 Å². The van der Waals surface area contributed by atoms with Crippen LogP contribution in [0.1, 0.15) is 79.0 Å². The highest BCUT2D eigenvalue weighted by molar-refractivity contribution is 5.91. The van der Waals surface area contributed by atoms with Crippen molar-refractivity contribution < 1.29 is 23.8 Å². The van der Waals surface area contributed by atoms with Crippen molar-refractivity contribution in [3.05, 3.63) is 185 Å². The number of imidazole rings is 1. The molecule has 0 saturated carbocycles. The molecule has 0 N–H and O–H groups in total. The molecular formula is C51H50N6O5. The summed E-state index contributed by atoms with van der Waals surface area (Å²) in [5.41, 5.74) is 9.06. The molecular weight excluding hydrogens is 777 g/mol. The zero-order valence-electron chi connectivity index (χ0n) is 35.2. The number of fused-ring (bicyclic) bond motifs is 1. The molecule has 1 aliphatic rings. The van der Waals surface area contributed by atoms with Crippen LogP contribution in [0, 0.1) is 0 Å². The zero-order valence-corrected chi connectivity index (χ0v) is 35.2. The van der Waals surface area contributed by atoms with Crippen molar-refractivity contribution in [2.24, 2.45) is 0 Å². The SMILES string of the molecule is CCCc1nc2c(n1Cc1ccc(-c3ccccc3-c3nnn(C(c4ccccc4)(c4ccccc4)c4ccccc4)n3)cc1)C(=CC(=O)OCCOC(=O)OCC)CCCC2. The molecule has 0 atom stereocenters. The molecule has 0 bridgehead atoms. The number of benzene rings is 5. The monoisotopic (exact) mass is 826 g/mol. The Labute approximate surface area is 362 Å². The van der Waals surface area contributed by atoms with Crippen LogP contribution in [-0.4, -0.2) is 61.7 Å². The Kier molecular flexibility index (Phi) is 13.1. The lowest BCUT2D eigenvalue weighted by molar-refractivity contribution is -0.138. The highest BCUT2D eigenvalue weighted by atomic mass is 16.7. The minimum Gasteiger partial charge on any atom is -0.459 e. The number of hydrogen-bond acceptors (Lipinski definition) is 9. The maximum Gasteiger partial charge on any atom is 0.508 e.